The zero-order valence-corrected chi connectivity index (χ0v) is 11.7. The van der Waals surface area contributed by atoms with E-state index in [9.17, 15) is 4.79 Å². The molecule has 1 rings (SSSR count). The lowest BCUT2D eigenvalue weighted by Gasteiger charge is -2.19. The highest BCUT2D eigenvalue weighted by Crippen LogP contribution is 2.28. The van der Waals surface area contributed by atoms with E-state index in [-0.39, 0.29) is 0 Å². The SMILES string of the molecule is CC(N)(CCSc1ccc(Cl)c(Cl)c1)C(N)=O. The molecule has 0 radical (unpaired) electrons. The van der Waals surface area contributed by atoms with Crippen LogP contribution in [-0.2, 0) is 4.79 Å². The smallest absolute Gasteiger partial charge is 0.237 e. The Labute approximate surface area is 115 Å². The van der Waals surface area contributed by atoms with Crippen LogP contribution in [0.1, 0.15) is 13.3 Å². The molecule has 0 saturated carbocycles. The van der Waals surface area contributed by atoms with Crippen LogP contribution in [0, 0.1) is 0 Å². The Balaban J connectivity index is 2.51. The van der Waals surface area contributed by atoms with E-state index in [0.717, 1.165) is 4.90 Å². The molecule has 1 aromatic carbocycles. The van der Waals surface area contributed by atoms with Crippen LogP contribution >= 0.6 is 35.0 Å². The molecular weight excluding hydrogens is 279 g/mol. The zero-order chi connectivity index (χ0) is 13.1. The molecule has 0 fully saturated rings. The molecule has 0 spiro atoms. The van der Waals surface area contributed by atoms with E-state index in [1.54, 1.807) is 30.8 Å². The van der Waals surface area contributed by atoms with E-state index in [0.29, 0.717) is 22.2 Å². The fourth-order valence-electron chi connectivity index (χ4n) is 1.07. The van der Waals surface area contributed by atoms with Gasteiger partial charge in [-0.05, 0) is 31.5 Å². The van der Waals surface area contributed by atoms with Crippen molar-refractivity contribution in [1.82, 2.24) is 0 Å². The maximum absolute atomic E-state index is 11.0. The van der Waals surface area contributed by atoms with Crippen LogP contribution in [0.5, 0.6) is 0 Å². The molecule has 6 heteroatoms. The Morgan fingerprint density at radius 3 is 2.59 bits per heavy atom. The number of carbonyl (C=O) groups is 1. The summed E-state index contributed by atoms with van der Waals surface area (Å²) >= 11 is 13.3. The molecule has 3 nitrogen and oxygen atoms in total. The van der Waals surface area contributed by atoms with Crippen LogP contribution in [0.4, 0.5) is 0 Å². The van der Waals surface area contributed by atoms with E-state index < -0.39 is 11.4 Å². The fraction of sp³-hybridized carbons (Fsp3) is 0.364. The topological polar surface area (TPSA) is 69.1 Å². The maximum atomic E-state index is 11.0. The summed E-state index contributed by atoms with van der Waals surface area (Å²) in [4.78, 5) is 12.0. The number of nitrogens with two attached hydrogens (primary N) is 2. The highest BCUT2D eigenvalue weighted by molar-refractivity contribution is 7.99. The van der Waals surface area contributed by atoms with Crippen molar-refractivity contribution < 1.29 is 4.79 Å². The Hall–Kier alpha value is -0.420. The van der Waals surface area contributed by atoms with Crippen LogP contribution < -0.4 is 11.5 Å². The van der Waals surface area contributed by atoms with Crippen molar-refractivity contribution in [1.29, 1.82) is 0 Å². The first-order valence-corrected chi connectivity index (χ1v) is 6.74. The maximum Gasteiger partial charge on any atom is 0.237 e. The number of benzene rings is 1. The average molecular weight is 293 g/mol. The molecule has 4 N–H and O–H groups in total. The first-order valence-electron chi connectivity index (χ1n) is 4.99. The minimum absolute atomic E-state index is 0.493. The third-order valence-electron chi connectivity index (χ3n) is 2.34. The molecule has 0 bridgehead atoms. The summed E-state index contributed by atoms with van der Waals surface area (Å²) < 4.78 is 0. The number of hydrogen-bond donors (Lipinski definition) is 2. The van der Waals surface area contributed by atoms with Gasteiger partial charge in [-0.15, -0.1) is 11.8 Å². The van der Waals surface area contributed by atoms with Crippen molar-refractivity contribution in [3.63, 3.8) is 0 Å². The molecule has 0 aliphatic heterocycles. The molecule has 1 aromatic rings. The van der Waals surface area contributed by atoms with E-state index in [4.69, 9.17) is 34.7 Å². The average Bonchev–Trinajstić information content (AvgIpc) is 2.23. The predicted octanol–water partition coefficient (Wildman–Crippen LogP) is 2.68. The number of amides is 1. The standard InChI is InChI=1S/C11H14Cl2N2OS/c1-11(15,10(14)16)4-5-17-7-2-3-8(12)9(13)6-7/h2-3,6H,4-5,15H2,1H3,(H2,14,16). The molecule has 0 saturated heterocycles. The van der Waals surface area contributed by atoms with Crippen molar-refractivity contribution in [3.8, 4) is 0 Å². The Kier molecular flexibility index (Phi) is 5.13. The molecule has 1 unspecified atom stereocenters. The van der Waals surface area contributed by atoms with Gasteiger partial charge in [-0.3, -0.25) is 4.79 Å². The minimum Gasteiger partial charge on any atom is -0.368 e. The van der Waals surface area contributed by atoms with Gasteiger partial charge in [-0.2, -0.15) is 0 Å². The quantitative estimate of drug-likeness (QED) is 0.820. The molecule has 0 aromatic heterocycles. The van der Waals surface area contributed by atoms with Crippen molar-refractivity contribution in [3.05, 3.63) is 28.2 Å². The van der Waals surface area contributed by atoms with Crippen LogP contribution in [0.15, 0.2) is 23.1 Å². The lowest BCUT2D eigenvalue weighted by atomic mass is 10.0. The van der Waals surface area contributed by atoms with Gasteiger partial charge < -0.3 is 11.5 Å². The molecule has 0 aliphatic carbocycles. The number of rotatable bonds is 5. The number of halogens is 2. The van der Waals surface area contributed by atoms with Crippen LogP contribution in [0.3, 0.4) is 0 Å². The van der Waals surface area contributed by atoms with E-state index >= 15 is 0 Å². The third-order valence-corrected chi connectivity index (χ3v) is 4.08. The van der Waals surface area contributed by atoms with Gasteiger partial charge in [0.25, 0.3) is 0 Å². The molecule has 1 atom stereocenters. The van der Waals surface area contributed by atoms with Gasteiger partial charge in [0, 0.05) is 10.6 Å². The summed E-state index contributed by atoms with van der Waals surface area (Å²) in [6.45, 7) is 1.63. The highest BCUT2D eigenvalue weighted by atomic mass is 35.5. The number of hydrogen-bond acceptors (Lipinski definition) is 3. The first kappa shape index (κ1) is 14.6. The summed E-state index contributed by atoms with van der Waals surface area (Å²) in [7, 11) is 0. The number of primary amides is 1. The van der Waals surface area contributed by atoms with E-state index in [1.807, 2.05) is 6.07 Å². The van der Waals surface area contributed by atoms with Crippen LogP contribution in [0.2, 0.25) is 10.0 Å². The van der Waals surface area contributed by atoms with Gasteiger partial charge in [-0.1, -0.05) is 23.2 Å². The Bertz CT molecular complexity index is 424. The summed E-state index contributed by atoms with van der Waals surface area (Å²) in [6, 6.07) is 5.39. The number of thioether (sulfide) groups is 1. The first-order chi connectivity index (χ1) is 7.83. The van der Waals surface area contributed by atoms with E-state index in [1.165, 1.54) is 0 Å². The van der Waals surface area contributed by atoms with Gasteiger partial charge >= 0.3 is 0 Å². The van der Waals surface area contributed by atoms with Gasteiger partial charge in [0.05, 0.1) is 15.6 Å². The molecule has 17 heavy (non-hydrogen) atoms. The number of carbonyl (C=O) groups excluding carboxylic acids is 1. The molecular formula is C11H14Cl2N2OS. The highest BCUT2D eigenvalue weighted by Gasteiger charge is 2.24. The third kappa shape index (κ3) is 4.39. The molecule has 0 aliphatic rings. The molecule has 94 valence electrons. The Morgan fingerprint density at radius 2 is 2.06 bits per heavy atom. The molecule has 0 heterocycles. The zero-order valence-electron chi connectivity index (χ0n) is 9.37. The van der Waals surface area contributed by atoms with Crippen LogP contribution in [0.25, 0.3) is 0 Å². The summed E-state index contributed by atoms with van der Waals surface area (Å²) in [5, 5.41) is 1.04. The van der Waals surface area contributed by atoms with E-state index in [2.05, 4.69) is 0 Å². The summed E-state index contributed by atoms with van der Waals surface area (Å²) in [5.74, 6) is 0.195. The second-order valence-corrected chi connectivity index (χ2v) is 5.94. The normalized spacial score (nSPS) is 14.4. The fourth-order valence-corrected chi connectivity index (χ4v) is 2.56. The van der Waals surface area contributed by atoms with Gasteiger partial charge in [-0.25, -0.2) is 0 Å². The second-order valence-electron chi connectivity index (χ2n) is 3.96. The van der Waals surface area contributed by atoms with Crippen molar-refractivity contribution >= 4 is 40.9 Å². The van der Waals surface area contributed by atoms with Crippen LogP contribution in [-0.4, -0.2) is 17.2 Å². The monoisotopic (exact) mass is 292 g/mol. The largest absolute Gasteiger partial charge is 0.368 e. The summed E-state index contributed by atoms with van der Waals surface area (Å²) in [5.41, 5.74) is 9.96. The van der Waals surface area contributed by atoms with Gasteiger partial charge in [0.1, 0.15) is 0 Å². The van der Waals surface area contributed by atoms with Crippen molar-refractivity contribution in [2.24, 2.45) is 11.5 Å². The second kappa shape index (κ2) is 5.96. The minimum atomic E-state index is -0.969. The van der Waals surface area contributed by atoms with Crippen molar-refractivity contribution in [2.75, 3.05) is 5.75 Å². The predicted molar refractivity (Wildman–Crippen MR) is 73.6 cm³/mol. The van der Waals surface area contributed by atoms with Gasteiger partial charge in [0.15, 0.2) is 0 Å². The molecule has 1 amide bonds. The van der Waals surface area contributed by atoms with Crippen molar-refractivity contribution in [2.45, 2.75) is 23.8 Å². The lowest BCUT2D eigenvalue weighted by Crippen LogP contribution is -2.49. The summed E-state index contributed by atoms with van der Waals surface area (Å²) in [6.07, 6.45) is 0.507. The lowest BCUT2D eigenvalue weighted by molar-refractivity contribution is -0.122. The Morgan fingerprint density at radius 1 is 1.41 bits per heavy atom. The van der Waals surface area contributed by atoms with Gasteiger partial charge in [0.2, 0.25) is 5.91 Å².